The van der Waals surface area contributed by atoms with Crippen LogP contribution in [0.3, 0.4) is 0 Å². The maximum atomic E-state index is 12.8. The Morgan fingerprint density at radius 1 is 0.972 bits per heavy atom. The monoisotopic (exact) mass is 554 g/mol. The van der Waals surface area contributed by atoms with E-state index in [1.807, 2.05) is 31.1 Å². The first-order valence-electron chi connectivity index (χ1n) is 12.1. The quantitative estimate of drug-likeness (QED) is 0.567. The molecule has 36 heavy (non-hydrogen) atoms. The van der Waals surface area contributed by atoms with Crippen molar-refractivity contribution in [2.75, 3.05) is 45.2 Å². The third-order valence-corrected chi connectivity index (χ3v) is 8.86. The minimum atomic E-state index is -3.94. The number of anilines is 1. The molecule has 11 heteroatoms. The van der Waals surface area contributed by atoms with Gasteiger partial charge in [-0.1, -0.05) is 29.3 Å². The van der Waals surface area contributed by atoms with Gasteiger partial charge in [0.1, 0.15) is 11.9 Å². The van der Waals surface area contributed by atoms with Crippen LogP contribution < -0.4 is 14.4 Å². The van der Waals surface area contributed by atoms with Crippen LogP contribution in [0.2, 0.25) is 10.0 Å². The van der Waals surface area contributed by atoms with E-state index in [4.69, 9.17) is 27.9 Å². The van der Waals surface area contributed by atoms with Crippen LogP contribution in [-0.4, -0.2) is 76.7 Å². The number of amides is 2. The fourth-order valence-electron chi connectivity index (χ4n) is 4.70. The van der Waals surface area contributed by atoms with Crippen molar-refractivity contribution in [1.29, 1.82) is 0 Å². The van der Waals surface area contributed by atoms with Gasteiger partial charge in [-0.25, -0.2) is 17.9 Å². The van der Waals surface area contributed by atoms with Gasteiger partial charge in [0.15, 0.2) is 0 Å². The molecular weight excluding hydrogens is 523 g/mol. The Kier molecular flexibility index (Phi) is 8.55. The Morgan fingerprint density at radius 3 is 2.31 bits per heavy atom. The molecule has 0 aromatic heterocycles. The van der Waals surface area contributed by atoms with E-state index < -0.39 is 16.1 Å². The highest BCUT2D eigenvalue weighted by Gasteiger charge is 2.31. The highest BCUT2D eigenvalue weighted by Crippen LogP contribution is 2.29. The van der Waals surface area contributed by atoms with Crippen LogP contribution in [-0.2, 0) is 10.0 Å². The van der Waals surface area contributed by atoms with E-state index >= 15 is 0 Å². The Balaban J connectivity index is 1.24. The number of hydrogen-bond acceptors (Lipinski definition) is 6. The highest BCUT2D eigenvalue weighted by molar-refractivity contribution is 7.90. The Hall–Kier alpha value is -2.20. The van der Waals surface area contributed by atoms with Crippen molar-refractivity contribution in [3.8, 4) is 5.75 Å². The summed E-state index contributed by atoms with van der Waals surface area (Å²) >= 11 is 12.1. The lowest BCUT2D eigenvalue weighted by molar-refractivity contribution is 0.0540. The number of piperidine rings is 2. The first-order valence-corrected chi connectivity index (χ1v) is 14.3. The molecule has 4 rings (SSSR count). The van der Waals surface area contributed by atoms with Crippen LogP contribution >= 0.6 is 23.2 Å². The Labute approximate surface area is 223 Å². The van der Waals surface area contributed by atoms with Gasteiger partial charge < -0.3 is 14.5 Å². The first-order chi connectivity index (χ1) is 17.1. The molecule has 2 saturated heterocycles. The molecule has 0 spiro atoms. The smallest absolute Gasteiger partial charge is 0.331 e. The summed E-state index contributed by atoms with van der Waals surface area (Å²) in [5.41, 5.74) is 0.747. The molecular formula is C25H32Cl2N4O4S. The largest absolute Gasteiger partial charge is 0.490 e. The number of carbonyl (C=O) groups excluding carboxylic acids is 1. The Bertz CT molecular complexity index is 1180. The number of carbonyl (C=O) groups is 1. The fraction of sp³-hybridized carbons (Fsp3) is 0.480. The molecule has 0 saturated carbocycles. The van der Waals surface area contributed by atoms with Gasteiger partial charge in [-0.05, 0) is 56.0 Å². The number of halogens is 2. The number of ether oxygens (including phenoxy) is 1. The van der Waals surface area contributed by atoms with Crippen LogP contribution in [0, 0.1) is 0 Å². The molecule has 196 valence electrons. The molecule has 2 aromatic rings. The van der Waals surface area contributed by atoms with Crippen molar-refractivity contribution in [1.82, 2.24) is 14.5 Å². The van der Waals surface area contributed by atoms with Gasteiger partial charge >= 0.3 is 6.03 Å². The van der Waals surface area contributed by atoms with Crippen LogP contribution in [0.25, 0.3) is 0 Å². The summed E-state index contributed by atoms with van der Waals surface area (Å²) < 4.78 is 33.8. The molecule has 0 radical (unpaired) electrons. The molecule has 8 nitrogen and oxygen atoms in total. The number of rotatable bonds is 6. The van der Waals surface area contributed by atoms with Crippen molar-refractivity contribution in [2.24, 2.45) is 0 Å². The SMILES string of the molecule is CN(C)c1cccc(S(=O)(=O)NC(=O)N2CCC(N3CCC(Oc4ccc(Cl)c(Cl)c4)CC3)CC2)c1. The molecule has 2 aromatic carbocycles. The topological polar surface area (TPSA) is 82.2 Å². The minimum Gasteiger partial charge on any atom is -0.490 e. The summed E-state index contributed by atoms with van der Waals surface area (Å²) in [6.07, 6.45) is 3.56. The third-order valence-electron chi connectivity index (χ3n) is 6.80. The summed E-state index contributed by atoms with van der Waals surface area (Å²) in [6, 6.07) is 11.6. The Morgan fingerprint density at radius 2 is 1.67 bits per heavy atom. The first kappa shape index (κ1) is 26.9. The molecule has 2 aliphatic heterocycles. The van der Waals surface area contributed by atoms with E-state index in [9.17, 15) is 13.2 Å². The van der Waals surface area contributed by atoms with E-state index in [1.165, 1.54) is 6.07 Å². The van der Waals surface area contributed by atoms with Gasteiger partial charge in [-0.2, -0.15) is 0 Å². The second kappa shape index (κ2) is 11.5. The van der Waals surface area contributed by atoms with E-state index in [1.54, 1.807) is 29.2 Å². The second-order valence-corrected chi connectivity index (χ2v) is 11.9. The number of nitrogens with one attached hydrogen (secondary N) is 1. The maximum Gasteiger partial charge on any atom is 0.331 e. The molecule has 2 heterocycles. The zero-order valence-electron chi connectivity index (χ0n) is 20.5. The van der Waals surface area contributed by atoms with Gasteiger partial charge in [0.25, 0.3) is 10.0 Å². The van der Waals surface area contributed by atoms with Crippen molar-refractivity contribution in [3.63, 3.8) is 0 Å². The van der Waals surface area contributed by atoms with Crippen LogP contribution in [0.1, 0.15) is 25.7 Å². The summed E-state index contributed by atoms with van der Waals surface area (Å²) in [5.74, 6) is 0.727. The summed E-state index contributed by atoms with van der Waals surface area (Å²) in [6.45, 7) is 2.87. The van der Waals surface area contributed by atoms with Gasteiger partial charge in [0.05, 0.1) is 14.9 Å². The van der Waals surface area contributed by atoms with Crippen molar-refractivity contribution in [3.05, 3.63) is 52.5 Å². The van der Waals surface area contributed by atoms with Crippen LogP contribution in [0.5, 0.6) is 5.75 Å². The average Bonchev–Trinajstić information content (AvgIpc) is 2.86. The van der Waals surface area contributed by atoms with Gasteiger partial charge in [-0.3, -0.25) is 4.90 Å². The second-order valence-electron chi connectivity index (χ2n) is 9.45. The molecule has 2 aliphatic rings. The summed E-state index contributed by atoms with van der Waals surface area (Å²) in [4.78, 5) is 18.7. The fourth-order valence-corrected chi connectivity index (χ4v) is 6.00. The van der Waals surface area contributed by atoms with Gasteiger partial charge in [0.2, 0.25) is 0 Å². The lowest BCUT2D eigenvalue weighted by Crippen LogP contribution is -2.52. The van der Waals surface area contributed by atoms with E-state index in [0.717, 1.165) is 50.2 Å². The molecule has 0 bridgehead atoms. The number of sulfonamides is 1. The van der Waals surface area contributed by atoms with Crippen molar-refractivity contribution < 1.29 is 17.9 Å². The normalized spacial score (nSPS) is 18.2. The lowest BCUT2D eigenvalue weighted by atomic mass is 9.99. The number of urea groups is 1. The van der Waals surface area contributed by atoms with Crippen molar-refractivity contribution in [2.45, 2.75) is 42.7 Å². The molecule has 2 fully saturated rings. The molecule has 0 atom stereocenters. The lowest BCUT2D eigenvalue weighted by Gasteiger charge is -2.41. The van der Waals surface area contributed by atoms with E-state index in [-0.39, 0.29) is 11.0 Å². The van der Waals surface area contributed by atoms with Crippen LogP contribution in [0.4, 0.5) is 10.5 Å². The number of hydrogen-bond donors (Lipinski definition) is 1. The molecule has 0 aliphatic carbocycles. The third kappa shape index (κ3) is 6.56. The molecule has 0 unspecified atom stereocenters. The number of nitrogens with zero attached hydrogens (tertiary/aromatic N) is 3. The highest BCUT2D eigenvalue weighted by atomic mass is 35.5. The predicted molar refractivity (Wildman–Crippen MR) is 143 cm³/mol. The zero-order chi connectivity index (χ0) is 25.9. The average molecular weight is 556 g/mol. The minimum absolute atomic E-state index is 0.0721. The van der Waals surface area contributed by atoms with Crippen LogP contribution in [0.15, 0.2) is 47.4 Å². The predicted octanol–water partition coefficient (Wildman–Crippen LogP) is 4.47. The standard InChI is InChI=1S/C25H32Cl2N4O4S/c1-29(2)19-4-3-5-22(16-19)36(33,34)28-25(32)31-12-8-18(9-13-31)30-14-10-20(11-15-30)35-21-6-7-23(26)24(27)17-21/h3-7,16-18,20H,8-15H2,1-2H3,(H,28,32). The zero-order valence-corrected chi connectivity index (χ0v) is 22.8. The molecule has 1 N–H and O–H groups in total. The van der Waals surface area contributed by atoms with Gasteiger partial charge in [-0.15, -0.1) is 0 Å². The molecule has 2 amide bonds. The van der Waals surface area contributed by atoms with E-state index in [2.05, 4.69) is 9.62 Å². The number of likely N-dealkylation sites (tertiary alicyclic amines) is 2. The van der Waals surface area contributed by atoms with Crippen molar-refractivity contribution >= 4 is 44.9 Å². The summed E-state index contributed by atoms with van der Waals surface area (Å²) in [5, 5.41) is 0.993. The van der Waals surface area contributed by atoms with Gasteiger partial charge in [0, 0.05) is 58.1 Å². The maximum absolute atomic E-state index is 12.8. The number of benzene rings is 2. The van der Waals surface area contributed by atoms with E-state index in [0.29, 0.717) is 29.2 Å². The summed E-state index contributed by atoms with van der Waals surface area (Å²) in [7, 11) is -0.278.